The van der Waals surface area contributed by atoms with E-state index in [0.29, 0.717) is 30.8 Å². The number of esters is 2. The lowest BCUT2D eigenvalue weighted by Crippen LogP contribution is -2.57. The van der Waals surface area contributed by atoms with E-state index in [-0.39, 0.29) is 45.4 Å². The Hall–Kier alpha value is -6.90. The third-order valence-electron chi connectivity index (χ3n) is 9.54. The van der Waals surface area contributed by atoms with E-state index in [2.05, 4.69) is 21.3 Å². The van der Waals surface area contributed by atoms with Gasteiger partial charge in [-0.3, -0.25) is 14.4 Å². The second kappa shape index (κ2) is 26.2. The molecule has 0 unspecified atom stereocenters. The average Bonchev–Trinajstić information content (AvgIpc) is 3.27. The maximum atomic E-state index is 14.4. The summed E-state index contributed by atoms with van der Waals surface area (Å²) in [6, 6.07) is 31.3. The van der Waals surface area contributed by atoms with Crippen LogP contribution in [0.4, 0.5) is 9.59 Å². The van der Waals surface area contributed by atoms with Gasteiger partial charge in [-0.1, -0.05) is 103 Å². The van der Waals surface area contributed by atoms with Gasteiger partial charge in [-0.05, 0) is 102 Å². The van der Waals surface area contributed by atoms with Crippen LogP contribution in [-0.2, 0) is 64.4 Å². The number of amides is 4. The molecule has 0 aliphatic heterocycles. The third kappa shape index (κ3) is 20.7. The fraction of sp³-hybridized carbons (Fsp3) is 0.412. The van der Waals surface area contributed by atoms with E-state index in [4.69, 9.17) is 23.7 Å². The Labute approximate surface area is 387 Å². The van der Waals surface area contributed by atoms with Crippen LogP contribution < -0.4 is 26.0 Å². The molecule has 0 radical (unpaired) electrons. The molecule has 3 atom stereocenters. The van der Waals surface area contributed by atoms with Crippen LogP contribution in [0.2, 0.25) is 0 Å². The highest BCUT2D eigenvalue weighted by atomic mass is 16.6. The predicted molar refractivity (Wildman–Crippen MR) is 248 cm³/mol. The lowest BCUT2D eigenvalue weighted by atomic mass is 10.0. The van der Waals surface area contributed by atoms with Crippen molar-refractivity contribution >= 4 is 35.9 Å². The van der Waals surface area contributed by atoms with Gasteiger partial charge in [-0.25, -0.2) is 14.4 Å². The fourth-order valence-electron chi connectivity index (χ4n) is 6.30. The summed E-state index contributed by atoms with van der Waals surface area (Å²) in [6.45, 7) is 10.8. The highest BCUT2D eigenvalue weighted by Gasteiger charge is 2.33. The molecule has 15 nitrogen and oxygen atoms in total. The maximum Gasteiger partial charge on any atom is 0.408 e. The first-order valence-corrected chi connectivity index (χ1v) is 22.2. The summed E-state index contributed by atoms with van der Waals surface area (Å²) in [5.41, 5.74) is 1.46. The molecular weight excluding hydrogens is 845 g/mol. The predicted octanol–water partition coefficient (Wildman–Crippen LogP) is 7.63. The number of ether oxygens (including phenoxy) is 5. The lowest BCUT2D eigenvalue weighted by Gasteiger charge is -2.28. The largest absolute Gasteiger partial charge is 0.489 e. The number of carbonyl (C=O) groups excluding carboxylic acids is 6. The summed E-state index contributed by atoms with van der Waals surface area (Å²) in [4.78, 5) is 80.3. The second-order valence-electron chi connectivity index (χ2n) is 17.6. The Kier molecular flexibility index (Phi) is 20.5. The zero-order chi connectivity index (χ0) is 48.0. The van der Waals surface area contributed by atoms with E-state index >= 15 is 0 Å². The van der Waals surface area contributed by atoms with Crippen molar-refractivity contribution in [1.29, 1.82) is 0 Å². The van der Waals surface area contributed by atoms with Gasteiger partial charge in [-0.15, -0.1) is 0 Å². The molecular formula is C51H64N4O11. The highest BCUT2D eigenvalue weighted by molar-refractivity contribution is 5.93. The molecule has 354 valence electrons. The van der Waals surface area contributed by atoms with Crippen LogP contribution in [-0.4, -0.2) is 71.8 Å². The van der Waals surface area contributed by atoms with Gasteiger partial charge in [0.05, 0.1) is 0 Å². The van der Waals surface area contributed by atoms with Crippen LogP contribution in [0.25, 0.3) is 0 Å². The molecule has 4 aromatic rings. The molecule has 0 aliphatic rings. The van der Waals surface area contributed by atoms with Crippen LogP contribution in [0.3, 0.4) is 0 Å². The van der Waals surface area contributed by atoms with Crippen molar-refractivity contribution in [2.75, 3.05) is 6.54 Å². The molecule has 4 aromatic carbocycles. The van der Waals surface area contributed by atoms with E-state index in [1.807, 2.05) is 91.0 Å². The molecule has 0 fully saturated rings. The number of hydrogen-bond donors (Lipinski definition) is 4. The number of nitrogens with one attached hydrogen (secondary N) is 4. The molecule has 15 heteroatoms. The van der Waals surface area contributed by atoms with Gasteiger partial charge < -0.3 is 45.0 Å². The zero-order valence-electron chi connectivity index (χ0n) is 38.8. The molecule has 66 heavy (non-hydrogen) atoms. The first-order valence-electron chi connectivity index (χ1n) is 22.2. The first-order chi connectivity index (χ1) is 31.4. The van der Waals surface area contributed by atoms with Crippen molar-refractivity contribution in [3.05, 3.63) is 138 Å². The summed E-state index contributed by atoms with van der Waals surface area (Å²) in [7, 11) is 0. The first kappa shape index (κ1) is 51.7. The monoisotopic (exact) mass is 908 g/mol. The Bertz CT molecular complexity index is 2140. The molecule has 4 N–H and O–H groups in total. The van der Waals surface area contributed by atoms with Crippen LogP contribution in [0.15, 0.2) is 115 Å². The molecule has 0 saturated heterocycles. The minimum atomic E-state index is -1.33. The Morgan fingerprint density at radius 2 is 1.02 bits per heavy atom. The standard InChI is InChI=1S/C51H64N4O11/c1-50(2,3)65-47(59)42(24-16-17-31-52-48(60)64-35-39-22-14-9-15-23-39)53-46(58)43(32-36-25-27-40(28-26-36)62-33-37-18-10-7-11-19-37)54-45(57)41(55-49(61)66-51(4,5)6)29-30-44(56)63-34-38-20-12-8-13-21-38/h7-15,18-23,25-28,41-43H,16-17,24,29-35H2,1-6H3,(H,52,60)(H,53,58)(H,54,57)(H,55,61)/t41-,42-,43-/m0/s1. The van der Waals surface area contributed by atoms with Crippen molar-refractivity contribution < 1.29 is 52.5 Å². The zero-order valence-corrected chi connectivity index (χ0v) is 38.8. The van der Waals surface area contributed by atoms with Gasteiger partial charge in [0, 0.05) is 19.4 Å². The number of unbranched alkanes of at least 4 members (excludes halogenated alkanes) is 1. The number of alkyl carbamates (subject to hydrolysis) is 2. The van der Waals surface area contributed by atoms with Crippen molar-refractivity contribution in [3.63, 3.8) is 0 Å². The molecule has 0 saturated carbocycles. The van der Waals surface area contributed by atoms with E-state index in [1.54, 1.807) is 65.8 Å². The number of carbonyl (C=O) groups is 6. The van der Waals surface area contributed by atoms with Gasteiger partial charge >= 0.3 is 24.1 Å². The summed E-state index contributed by atoms with van der Waals surface area (Å²) in [6.07, 6.45) is -0.983. The Balaban J connectivity index is 1.50. The second-order valence-corrected chi connectivity index (χ2v) is 17.6. The molecule has 0 aromatic heterocycles. The van der Waals surface area contributed by atoms with Gasteiger partial charge in [0.2, 0.25) is 11.8 Å². The van der Waals surface area contributed by atoms with Crippen LogP contribution in [0, 0.1) is 0 Å². The van der Waals surface area contributed by atoms with Gasteiger partial charge in [-0.2, -0.15) is 0 Å². The van der Waals surface area contributed by atoms with Crippen LogP contribution in [0.5, 0.6) is 5.75 Å². The smallest absolute Gasteiger partial charge is 0.408 e. The summed E-state index contributed by atoms with van der Waals surface area (Å²) >= 11 is 0. The number of rotatable bonds is 23. The number of hydrogen-bond acceptors (Lipinski definition) is 11. The lowest BCUT2D eigenvalue weighted by molar-refractivity contribution is -0.159. The minimum absolute atomic E-state index is 0.0188. The molecule has 0 heterocycles. The van der Waals surface area contributed by atoms with Crippen molar-refractivity contribution in [3.8, 4) is 5.75 Å². The molecule has 4 amide bonds. The Morgan fingerprint density at radius 1 is 0.500 bits per heavy atom. The van der Waals surface area contributed by atoms with Crippen LogP contribution in [0.1, 0.15) is 95.9 Å². The summed E-state index contributed by atoms with van der Waals surface area (Å²) in [5.74, 6) is -2.19. The molecule has 0 spiro atoms. The van der Waals surface area contributed by atoms with Gasteiger partial charge in [0.25, 0.3) is 0 Å². The van der Waals surface area contributed by atoms with Gasteiger partial charge in [0.15, 0.2) is 0 Å². The fourth-order valence-corrected chi connectivity index (χ4v) is 6.30. The topological polar surface area (TPSA) is 197 Å². The summed E-state index contributed by atoms with van der Waals surface area (Å²) < 4.78 is 27.8. The normalized spacial score (nSPS) is 12.6. The maximum absolute atomic E-state index is 14.4. The van der Waals surface area contributed by atoms with Crippen molar-refractivity contribution in [2.45, 2.75) is 129 Å². The SMILES string of the molecule is CC(C)(C)OC(=O)N[C@@H](CCC(=O)OCc1ccccc1)C(=O)N[C@@H](Cc1ccc(OCc2ccccc2)cc1)C(=O)N[C@@H](CCCCNC(=O)OCc1ccccc1)C(=O)OC(C)(C)C. The van der Waals surface area contributed by atoms with E-state index in [0.717, 1.165) is 16.7 Å². The minimum Gasteiger partial charge on any atom is -0.489 e. The third-order valence-corrected chi connectivity index (χ3v) is 9.54. The summed E-state index contributed by atoms with van der Waals surface area (Å²) in [5, 5.41) is 10.8. The number of benzene rings is 4. The molecule has 0 aliphatic carbocycles. The average molecular weight is 909 g/mol. The van der Waals surface area contributed by atoms with E-state index in [9.17, 15) is 28.8 Å². The van der Waals surface area contributed by atoms with E-state index in [1.165, 1.54) is 0 Å². The van der Waals surface area contributed by atoms with Crippen molar-refractivity contribution in [2.24, 2.45) is 0 Å². The van der Waals surface area contributed by atoms with Crippen LogP contribution >= 0.6 is 0 Å². The van der Waals surface area contributed by atoms with Crippen molar-refractivity contribution in [1.82, 2.24) is 21.3 Å². The molecule has 0 bridgehead atoms. The Morgan fingerprint density at radius 3 is 1.58 bits per heavy atom. The quantitative estimate of drug-likeness (QED) is 0.0325. The van der Waals surface area contributed by atoms with Gasteiger partial charge in [0.1, 0.15) is 54.9 Å². The van der Waals surface area contributed by atoms with E-state index < -0.39 is 65.3 Å². The molecule has 4 rings (SSSR count). The highest BCUT2D eigenvalue weighted by Crippen LogP contribution is 2.18.